The molecule has 2 heterocycles. The van der Waals surface area contributed by atoms with Crippen LogP contribution in [0.15, 0.2) is 6.07 Å². The quantitative estimate of drug-likeness (QED) is 0.542. The number of nitrogens with zero attached hydrogens (tertiary/aromatic N) is 1. The number of thiocarbonyl (C=S) groups is 1. The van der Waals surface area contributed by atoms with Gasteiger partial charge in [-0.3, -0.25) is 20.5 Å². The largest absolute Gasteiger partial charge is 0.379 e. The van der Waals surface area contributed by atoms with Gasteiger partial charge >= 0.3 is 0 Å². The van der Waals surface area contributed by atoms with Gasteiger partial charge in [0.05, 0.1) is 18.1 Å². The Morgan fingerprint density at radius 1 is 1.39 bits per heavy atom. The Labute approximate surface area is 146 Å². The maximum atomic E-state index is 12.1. The molecule has 128 valence electrons. The second-order valence-electron chi connectivity index (χ2n) is 5.36. The molecule has 0 unspecified atom stereocenters. The van der Waals surface area contributed by atoms with E-state index in [0.717, 1.165) is 51.4 Å². The summed E-state index contributed by atoms with van der Waals surface area (Å²) in [5.74, 6) is -0.157. The summed E-state index contributed by atoms with van der Waals surface area (Å²) in [5.41, 5.74) is 6.55. The number of thiophene rings is 1. The summed E-state index contributed by atoms with van der Waals surface area (Å²) in [6.45, 7) is 9.25. The average molecular weight is 357 g/mol. The van der Waals surface area contributed by atoms with Gasteiger partial charge in [-0.15, -0.1) is 11.3 Å². The molecule has 8 heteroatoms. The Morgan fingerprint density at radius 2 is 2.13 bits per heavy atom. The van der Waals surface area contributed by atoms with Crippen LogP contribution in [-0.4, -0.2) is 55.3 Å². The highest BCUT2D eigenvalue weighted by Crippen LogP contribution is 2.21. The summed E-state index contributed by atoms with van der Waals surface area (Å²) in [6.07, 6.45) is 0.943. The van der Waals surface area contributed by atoms with Crippen LogP contribution in [-0.2, 0) is 11.2 Å². The van der Waals surface area contributed by atoms with Crippen molar-refractivity contribution in [3.05, 3.63) is 21.4 Å². The number of carbonyl (C=O) groups is 1. The van der Waals surface area contributed by atoms with Crippen molar-refractivity contribution in [2.45, 2.75) is 20.3 Å². The Balaban J connectivity index is 1.65. The van der Waals surface area contributed by atoms with E-state index in [1.807, 2.05) is 13.0 Å². The standard InChI is InChI=1S/C15H24N4O2S2/c1-3-12-11(2)10-13(23-12)14(20)17-18-15(22)16-4-5-19-6-8-21-9-7-19/h10H,3-9H2,1-2H3,(H,17,20)(H2,16,18,22). The van der Waals surface area contributed by atoms with Crippen LogP contribution in [0.4, 0.5) is 0 Å². The van der Waals surface area contributed by atoms with E-state index in [9.17, 15) is 4.79 Å². The zero-order chi connectivity index (χ0) is 16.7. The third-order valence-corrected chi connectivity index (χ3v) is 5.30. The van der Waals surface area contributed by atoms with Gasteiger partial charge in [-0.1, -0.05) is 6.92 Å². The minimum atomic E-state index is -0.157. The van der Waals surface area contributed by atoms with Gasteiger partial charge in [0.25, 0.3) is 5.91 Å². The maximum Gasteiger partial charge on any atom is 0.279 e. The van der Waals surface area contributed by atoms with Crippen molar-refractivity contribution < 1.29 is 9.53 Å². The van der Waals surface area contributed by atoms with E-state index < -0.39 is 0 Å². The van der Waals surface area contributed by atoms with E-state index in [1.165, 1.54) is 16.2 Å². The molecule has 0 saturated carbocycles. The lowest BCUT2D eigenvalue weighted by atomic mass is 10.2. The van der Waals surface area contributed by atoms with Gasteiger partial charge in [0.15, 0.2) is 5.11 Å². The summed E-state index contributed by atoms with van der Waals surface area (Å²) >= 11 is 6.69. The molecule has 6 nitrogen and oxygen atoms in total. The average Bonchev–Trinajstić information content (AvgIpc) is 2.94. The molecular formula is C15H24N4O2S2. The number of hydrogen-bond acceptors (Lipinski definition) is 5. The number of carbonyl (C=O) groups excluding carboxylic acids is 1. The molecular weight excluding hydrogens is 332 g/mol. The van der Waals surface area contributed by atoms with E-state index >= 15 is 0 Å². The Kier molecular flexibility index (Phi) is 7.22. The fraction of sp³-hybridized carbons (Fsp3) is 0.600. The van der Waals surface area contributed by atoms with Gasteiger partial charge in [0, 0.05) is 31.1 Å². The fourth-order valence-electron chi connectivity index (χ4n) is 2.35. The number of amides is 1. The smallest absolute Gasteiger partial charge is 0.279 e. The number of hydrazine groups is 1. The second kappa shape index (κ2) is 9.17. The highest BCUT2D eigenvalue weighted by Gasteiger charge is 2.12. The molecule has 0 radical (unpaired) electrons. The van der Waals surface area contributed by atoms with Gasteiger partial charge in [-0.25, -0.2) is 0 Å². The molecule has 1 aromatic rings. The van der Waals surface area contributed by atoms with Crippen LogP contribution in [0.2, 0.25) is 0 Å². The SMILES string of the molecule is CCc1sc(C(=O)NNC(=S)NCCN2CCOCC2)cc1C. The molecule has 0 spiro atoms. The molecule has 1 fully saturated rings. The summed E-state index contributed by atoms with van der Waals surface area (Å²) in [6, 6.07) is 1.91. The number of rotatable bonds is 5. The van der Waals surface area contributed by atoms with Crippen molar-refractivity contribution >= 4 is 34.6 Å². The van der Waals surface area contributed by atoms with Crippen LogP contribution < -0.4 is 16.2 Å². The number of hydrogen-bond donors (Lipinski definition) is 3. The Hall–Kier alpha value is -1.22. The number of aryl methyl sites for hydroxylation is 2. The Morgan fingerprint density at radius 3 is 2.78 bits per heavy atom. The van der Waals surface area contributed by atoms with Gasteiger partial charge in [0.1, 0.15) is 0 Å². The first-order valence-electron chi connectivity index (χ1n) is 7.83. The molecule has 1 saturated heterocycles. The first-order chi connectivity index (χ1) is 11.1. The molecule has 2 rings (SSSR count). The molecule has 0 aromatic carbocycles. The van der Waals surface area contributed by atoms with E-state index in [2.05, 4.69) is 28.0 Å². The molecule has 1 aliphatic rings. The predicted molar refractivity (Wildman–Crippen MR) is 96.9 cm³/mol. The zero-order valence-electron chi connectivity index (χ0n) is 13.6. The predicted octanol–water partition coefficient (Wildman–Crippen LogP) is 1.06. The van der Waals surface area contributed by atoms with Crippen LogP contribution in [0.5, 0.6) is 0 Å². The van der Waals surface area contributed by atoms with Crippen LogP contribution in [0.25, 0.3) is 0 Å². The molecule has 3 N–H and O–H groups in total. The van der Waals surface area contributed by atoms with E-state index in [0.29, 0.717) is 9.99 Å². The molecule has 0 aliphatic carbocycles. The van der Waals surface area contributed by atoms with Crippen LogP contribution in [0.1, 0.15) is 27.0 Å². The van der Waals surface area contributed by atoms with Crippen molar-refractivity contribution in [1.82, 2.24) is 21.1 Å². The van der Waals surface area contributed by atoms with Crippen LogP contribution in [0.3, 0.4) is 0 Å². The van der Waals surface area contributed by atoms with E-state index in [1.54, 1.807) is 0 Å². The zero-order valence-corrected chi connectivity index (χ0v) is 15.2. The minimum Gasteiger partial charge on any atom is -0.379 e. The van der Waals surface area contributed by atoms with E-state index in [-0.39, 0.29) is 5.91 Å². The molecule has 0 bridgehead atoms. The fourth-order valence-corrected chi connectivity index (χ4v) is 3.52. The molecule has 1 amide bonds. The summed E-state index contributed by atoms with van der Waals surface area (Å²) in [4.78, 5) is 16.3. The molecule has 0 atom stereocenters. The Bertz CT molecular complexity index is 542. The highest BCUT2D eigenvalue weighted by atomic mass is 32.1. The van der Waals surface area contributed by atoms with Gasteiger partial charge in [-0.2, -0.15) is 0 Å². The first-order valence-corrected chi connectivity index (χ1v) is 9.06. The van der Waals surface area contributed by atoms with Gasteiger partial charge in [-0.05, 0) is 37.2 Å². The van der Waals surface area contributed by atoms with Crippen molar-refractivity contribution in [2.75, 3.05) is 39.4 Å². The third kappa shape index (κ3) is 5.72. The van der Waals surface area contributed by atoms with Gasteiger partial charge < -0.3 is 10.1 Å². The van der Waals surface area contributed by atoms with Crippen molar-refractivity contribution in [3.8, 4) is 0 Å². The van der Waals surface area contributed by atoms with Crippen LogP contribution >= 0.6 is 23.6 Å². The minimum absolute atomic E-state index is 0.157. The summed E-state index contributed by atoms with van der Waals surface area (Å²) < 4.78 is 5.31. The topological polar surface area (TPSA) is 65.6 Å². The van der Waals surface area contributed by atoms with E-state index in [4.69, 9.17) is 17.0 Å². The molecule has 23 heavy (non-hydrogen) atoms. The summed E-state index contributed by atoms with van der Waals surface area (Å²) in [7, 11) is 0. The maximum absolute atomic E-state index is 12.1. The monoisotopic (exact) mass is 356 g/mol. The number of nitrogens with one attached hydrogen (secondary N) is 3. The molecule has 1 aromatic heterocycles. The number of ether oxygens (including phenoxy) is 1. The molecule has 1 aliphatic heterocycles. The first kappa shape index (κ1) is 18.1. The van der Waals surface area contributed by atoms with Crippen molar-refractivity contribution in [1.29, 1.82) is 0 Å². The van der Waals surface area contributed by atoms with Crippen LogP contribution in [0, 0.1) is 6.92 Å². The lowest BCUT2D eigenvalue weighted by molar-refractivity contribution is 0.0389. The van der Waals surface area contributed by atoms with Crippen molar-refractivity contribution in [3.63, 3.8) is 0 Å². The lowest BCUT2D eigenvalue weighted by Crippen LogP contribution is -2.48. The van der Waals surface area contributed by atoms with Crippen molar-refractivity contribution in [2.24, 2.45) is 0 Å². The second-order valence-corrected chi connectivity index (χ2v) is 6.90. The summed E-state index contributed by atoms with van der Waals surface area (Å²) in [5, 5.41) is 3.52. The lowest BCUT2D eigenvalue weighted by Gasteiger charge is -2.26. The van der Waals surface area contributed by atoms with Gasteiger partial charge in [0.2, 0.25) is 0 Å². The third-order valence-electron chi connectivity index (χ3n) is 3.67. The highest BCUT2D eigenvalue weighted by molar-refractivity contribution is 7.80. The number of morpholine rings is 1. The normalized spacial score (nSPS) is 15.2.